The highest BCUT2D eigenvalue weighted by Crippen LogP contribution is 2.24. The largest absolute Gasteiger partial charge is 0.357 e. The Labute approximate surface area is 198 Å². The summed E-state index contributed by atoms with van der Waals surface area (Å²) in [5.74, 6) is 1.36. The predicted molar refractivity (Wildman–Crippen MR) is 132 cm³/mol. The zero-order chi connectivity index (χ0) is 19.9. The van der Waals surface area contributed by atoms with E-state index in [4.69, 9.17) is 0 Å². The maximum Gasteiger partial charge on any atom is 0.224 e. The maximum absolute atomic E-state index is 12.5. The van der Waals surface area contributed by atoms with Crippen molar-refractivity contribution in [3.05, 3.63) is 38.0 Å². The molecule has 160 valence electrons. The van der Waals surface area contributed by atoms with Gasteiger partial charge >= 0.3 is 0 Å². The van der Waals surface area contributed by atoms with E-state index in [0.29, 0.717) is 25.4 Å². The molecular weight excluding hydrogens is 517 g/mol. The summed E-state index contributed by atoms with van der Waals surface area (Å²) in [6.45, 7) is 9.80. The van der Waals surface area contributed by atoms with Gasteiger partial charge in [-0.25, -0.2) is 9.98 Å². The highest BCUT2D eigenvalue weighted by Gasteiger charge is 2.21. The van der Waals surface area contributed by atoms with Crippen molar-refractivity contribution in [1.82, 2.24) is 20.5 Å². The van der Waals surface area contributed by atoms with Crippen molar-refractivity contribution in [2.45, 2.75) is 52.6 Å². The summed E-state index contributed by atoms with van der Waals surface area (Å²) in [6, 6.07) is 2.14. The molecule has 0 bridgehead atoms. The Hall–Kier alpha value is -1.20. The van der Waals surface area contributed by atoms with Gasteiger partial charge in [-0.1, -0.05) is 13.8 Å². The second kappa shape index (κ2) is 11.8. The monoisotopic (exact) mass is 547 g/mol. The number of nitrogens with zero attached hydrogens (tertiary/aromatic N) is 3. The number of fused-ring (bicyclic) bond motifs is 1. The zero-order valence-electron chi connectivity index (χ0n) is 17.2. The van der Waals surface area contributed by atoms with Crippen LogP contribution in [-0.2, 0) is 24.3 Å². The molecule has 0 saturated carbocycles. The first-order valence-corrected chi connectivity index (χ1v) is 11.6. The standard InChI is InChI=1S/C20H29N5OS2.HI/c1-4-21-20(23-11-18-24-16(13-28-18)14(2)3)22-8-5-19(26)25-9-6-17-15(12-25)7-10-27-17;/h7,10,13-14H,4-6,8-9,11-12H2,1-3H3,(H2,21,22,23);1H. The molecule has 0 fully saturated rings. The number of thiophene rings is 1. The number of carbonyl (C=O) groups excluding carboxylic acids is 1. The van der Waals surface area contributed by atoms with Gasteiger partial charge in [-0.15, -0.1) is 46.7 Å². The Morgan fingerprint density at radius 1 is 1.34 bits per heavy atom. The summed E-state index contributed by atoms with van der Waals surface area (Å²) >= 11 is 3.44. The number of rotatable bonds is 7. The molecule has 0 atom stereocenters. The van der Waals surface area contributed by atoms with Crippen LogP contribution in [-0.4, -0.2) is 41.4 Å². The lowest BCUT2D eigenvalue weighted by Gasteiger charge is -2.27. The van der Waals surface area contributed by atoms with Crippen molar-refractivity contribution in [2.75, 3.05) is 19.6 Å². The molecule has 3 rings (SSSR count). The lowest BCUT2D eigenvalue weighted by atomic mass is 10.1. The highest BCUT2D eigenvalue weighted by molar-refractivity contribution is 14.0. The van der Waals surface area contributed by atoms with Crippen LogP contribution in [0.2, 0.25) is 0 Å². The predicted octanol–water partition coefficient (Wildman–Crippen LogP) is 3.98. The Kier molecular flexibility index (Phi) is 9.84. The van der Waals surface area contributed by atoms with Crippen molar-refractivity contribution < 1.29 is 4.79 Å². The molecule has 6 nitrogen and oxygen atoms in total. The van der Waals surface area contributed by atoms with Crippen molar-refractivity contribution in [2.24, 2.45) is 4.99 Å². The number of amides is 1. The van der Waals surface area contributed by atoms with E-state index in [0.717, 1.165) is 42.7 Å². The first-order valence-electron chi connectivity index (χ1n) is 9.86. The summed E-state index contributed by atoms with van der Waals surface area (Å²) in [4.78, 5) is 25.1. The first-order chi connectivity index (χ1) is 13.6. The van der Waals surface area contributed by atoms with Crippen molar-refractivity contribution in [3.63, 3.8) is 0 Å². The van der Waals surface area contributed by atoms with Gasteiger partial charge in [0, 0.05) is 42.9 Å². The van der Waals surface area contributed by atoms with Crippen LogP contribution in [0.4, 0.5) is 0 Å². The van der Waals surface area contributed by atoms with Crippen molar-refractivity contribution >= 4 is 58.5 Å². The molecule has 0 aliphatic carbocycles. The molecular formula is C20H30IN5OS2. The van der Waals surface area contributed by atoms with E-state index in [1.807, 2.05) is 11.8 Å². The summed E-state index contributed by atoms with van der Waals surface area (Å²) in [5.41, 5.74) is 2.42. The number of thiazole rings is 1. The summed E-state index contributed by atoms with van der Waals surface area (Å²) in [7, 11) is 0. The molecule has 9 heteroatoms. The van der Waals surface area contributed by atoms with Gasteiger partial charge in [-0.2, -0.15) is 0 Å². The van der Waals surface area contributed by atoms with Crippen LogP contribution in [0.1, 0.15) is 54.3 Å². The van der Waals surface area contributed by atoms with Crippen LogP contribution in [0.5, 0.6) is 0 Å². The zero-order valence-corrected chi connectivity index (χ0v) is 21.2. The smallest absolute Gasteiger partial charge is 0.224 e. The normalized spacial score (nSPS) is 13.8. The lowest BCUT2D eigenvalue weighted by molar-refractivity contribution is -0.131. The third-order valence-corrected chi connectivity index (χ3v) is 6.54. The molecule has 0 aromatic carbocycles. The van der Waals surface area contributed by atoms with Crippen LogP contribution >= 0.6 is 46.7 Å². The fraction of sp³-hybridized carbons (Fsp3) is 0.550. The molecule has 29 heavy (non-hydrogen) atoms. The molecule has 2 N–H and O–H groups in total. The first kappa shape index (κ1) is 24.1. The number of carbonyl (C=O) groups is 1. The van der Waals surface area contributed by atoms with Crippen LogP contribution in [0.15, 0.2) is 21.8 Å². The van der Waals surface area contributed by atoms with Gasteiger partial charge in [0.1, 0.15) is 5.01 Å². The second-order valence-corrected chi connectivity index (χ2v) is 9.07. The third-order valence-electron chi connectivity index (χ3n) is 4.67. The second-order valence-electron chi connectivity index (χ2n) is 7.13. The molecule has 2 aromatic rings. The van der Waals surface area contributed by atoms with E-state index in [1.54, 1.807) is 22.7 Å². The van der Waals surface area contributed by atoms with E-state index >= 15 is 0 Å². The number of guanidine groups is 1. The van der Waals surface area contributed by atoms with E-state index in [1.165, 1.54) is 10.4 Å². The average molecular weight is 548 g/mol. The quantitative estimate of drug-likeness (QED) is 0.313. The molecule has 3 heterocycles. The molecule has 1 aliphatic rings. The van der Waals surface area contributed by atoms with E-state index in [9.17, 15) is 4.79 Å². The summed E-state index contributed by atoms with van der Waals surface area (Å²) in [5, 5.41) is 11.7. The summed E-state index contributed by atoms with van der Waals surface area (Å²) in [6.07, 6.45) is 1.45. The molecule has 0 spiro atoms. The van der Waals surface area contributed by atoms with Gasteiger partial charge in [-0.05, 0) is 36.3 Å². The van der Waals surface area contributed by atoms with Gasteiger partial charge in [0.2, 0.25) is 5.91 Å². The van der Waals surface area contributed by atoms with Crippen LogP contribution in [0.25, 0.3) is 0 Å². The average Bonchev–Trinajstić information content (AvgIpc) is 3.34. The van der Waals surface area contributed by atoms with Crippen LogP contribution in [0.3, 0.4) is 0 Å². The van der Waals surface area contributed by atoms with Gasteiger partial charge in [0.05, 0.1) is 12.2 Å². The van der Waals surface area contributed by atoms with Crippen LogP contribution in [0, 0.1) is 0 Å². The van der Waals surface area contributed by atoms with Gasteiger partial charge in [0.25, 0.3) is 0 Å². The fourth-order valence-corrected chi connectivity index (χ4v) is 4.83. The van der Waals surface area contributed by atoms with Crippen LogP contribution < -0.4 is 10.6 Å². The SMILES string of the molecule is CCNC(=NCc1nc(C(C)C)cs1)NCCC(=O)N1CCc2sccc2C1.I. The van der Waals surface area contributed by atoms with E-state index < -0.39 is 0 Å². The minimum atomic E-state index is 0. The number of aromatic nitrogens is 1. The number of halogens is 1. The molecule has 2 aromatic heterocycles. The molecule has 0 unspecified atom stereocenters. The lowest BCUT2D eigenvalue weighted by Crippen LogP contribution is -2.41. The Balaban J connectivity index is 0.00000300. The fourth-order valence-electron chi connectivity index (χ4n) is 3.06. The molecule has 1 aliphatic heterocycles. The van der Waals surface area contributed by atoms with Crippen molar-refractivity contribution in [1.29, 1.82) is 0 Å². The van der Waals surface area contributed by atoms with Gasteiger partial charge in [0.15, 0.2) is 5.96 Å². The number of nitrogens with one attached hydrogen (secondary N) is 2. The van der Waals surface area contributed by atoms with Gasteiger partial charge < -0.3 is 15.5 Å². The highest BCUT2D eigenvalue weighted by atomic mass is 127. The Bertz CT molecular complexity index is 817. The topological polar surface area (TPSA) is 69.6 Å². The number of aliphatic imine (C=N–C) groups is 1. The minimum absolute atomic E-state index is 0. The van der Waals surface area contributed by atoms with Gasteiger partial charge in [-0.3, -0.25) is 4.79 Å². The number of hydrogen-bond donors (Lipinski definition) is 2. The van der Waals surface area contributed by atoms with E-state index in [2.05, 4.69) is 51.3 Å². The Morgan fingerprint density at radius 2 is 2.17 bits per heavy atom. The Morgan fingerprint density at radius 3 is 2.90 bits per heavy atom. The van der Waals surface area contributed by atoms with E-state index in [-0.39, 0.29) is 29.9 Å². The summed E-state index contributed by atoms with van der Waals surface area (Å²) < 4.78 is 0. The molecule has 0 radical (unpaired) electrons. The number of hydrogen-bond acceptors (Lipinski definition) is 5. The molecule has 1 amide bonds. The minimum Gasteiger partial charge on any atom is -0.357 e. The maximum atomic E-state index is 12.5. The van der Waals surface area contributed by atoms with Crippen molar-refractivity contribution in [3.8, 4) is 0 Å². The molecule has 0 saturated heterocycles. The third kappa shape index (κ3) is 6.92.